The van der Waals surface area contributed by atoms with Crippen molar-refractivity contribution in [2.45, 2.75) is 6.54 Å². The van der Waals surface area contributed by atoms with E-state index in [2.05, 4.69) is 20.5 Å². The van der Waals surface area contributed by atoms with Gasteiger partial charge in [-0.05, 0) is 35.9 Å². The molecule has 27 heavy (non-hydrogen) atoms. The molecule has 0 unspecified atom stereocenters. The largest absolute Gasteiger partial charge is 0.368 e. The molecule has 8 heteroatoms. The minimum Gasteiger partial charge on any atom is -0.368 e. The zero-order chi connectivity index (χ0) is 19.1. The predicted molar refractivity (Wildman–Crippen MR) is 105 cm³/mol. The van der Waals surface area contributed by atoms with Gasteiger partial charge >= 0.3 is 6.03 Å². The molecule has 1 aliphatic heterocycles. The molecule has 142 valence electrons. The van der Waals surface area contributed by atoms with E-state index in [1.165, 1.54) is 0 Å². The fourth-order valence-corrected chi connectivity index (χ4v) is 2.98. The molecule has 2 heterocycles. The van der Waals surface area contributed by atoms with Crippen molar-refractivity contribution in [1.82, 2.24) is 20.5 Å². The van der Waals surface area contributed by atoms with Gasteiger partial charge in [-0.2, -0.15) is 0 Å². The van der Waals surface area contributed by atoms with Gasteiger partial charge in [0.15, 0.2) is 0 Å². The number of carbonyl (C=O) groups excluding carboxylic acids is 2. The SMILES string of the molecule is O=C(CNC(=O)N1CCN(c2ccc(Cl)cc2)CC1)NCc1cccnc1. The minimum atomic E-state index is -0.230. The molecule has 1 fully saturated rings. The zero-order valence-electron chi connectivity index (χ0n) is 14.9. The highest BCUT2D eigenvalue weighted by molar-refractivity contribution is 6.30. The second kappa shape index (κ2) is 9.23. The zero-order valence-corrected chi connectivity index (χ0v) is 15.7. The third-order valence-corrected chi connectivity index (χ3v) is 4.62. The van der Waals surface area contributed by atoms with E-state index in [4.69, 9.17) is 11.6 Å². The van der Waals surface area contributed by atoms with Crippen LogP contribution in [0.4, 0.5) is 10.5 Å². The molecule has 0 atom stereocenters. The van der Waals surface area contributed by atoms with E-state index in [1.807, 2.05) is 36.4 Å². The first kappa shape index (κ1) is 19.0. The molecule has 3 amide bonds. The van der Waals surface area contributed by atoms with Crippen molar-refractivity contribution in [3.05, 3.63) is 59.4 Å². The van der Waals surface area contributed by atoms with Crippen molar-refractivity contribution < 1.29 is 9.59 Å². The normalized spacial score (nSPS) is 14.0. The summed E-state index contributed by atoms with van der Waals surface area (Å²) in [7, 11) is 0. The maximum Gasteiger partial charge on any atom is 0.317 e. The molecule has 1 aromatic carbocycles. The summed E-state index contributed by atoms with van der Waals surface area (Å²) in [6.45, 7) is 3.03. The number of pyridine rings is 1. The van der Waals surface area contributed by atoms with E-state index in [-0.39, 0.29) is 18.5 Å². The van der Waals surface area contributed by atoms with Crippen molar-refractivity contribution in [2.24, 2.45) is 0 Å². The number of aromatic nitrogens is 1. The Hall–Kier alpha value is -2.80. The Bertz CT molecular complexity index is 761. The van der Waals surface area contributed by atoms with Gasteiger partial charge in [0, 0.05) is 55.8 Å². The number of benzene rings is 1. The van der Waals surface area contributed by atoms with Crippen LogP contribution in [-0.2, 0) is 11.3 Å². The number of urea groups is 1. The summed E-state index contributed by atoms with van der Waals surface area (Å²) in [5.41, 5.74) is 2.00. The van der Waals surface area contributed by atoms with Gasteiger partial charge in [0.2, 0.25) is 5.91 Å². The lowest BCUT2D eigenvalue weighted by molar-refractivity contribution is -0.120. The smallest absolute Gasteiger partial charge is 0.317 e. The van der Waals surface area contributed by atoms with Crippen molar-refractivity contribution >= 4 is 29.2 Å². The van der Waals surface area contributed by atoms with Crippen LogP contribution in [0, 0.1) is 0 Å². The van der Waals surface area contributed by atoms with Crippen LogP contribution in [-0.4, -0.2) is 54.5 Å². The number of nitrogens with zero attached hydrogens (tertiary/aromatic N) is 3. The number of piperazine rings is 1. The quantitative estimate of drug-likeness (QED) is 0.821. The number of rotatable bonds is 5. The fourth-order valence-electron chi connectivity index (χ4n) is 2.85. The van der Waals surface area contributed by atoms with Crippen molar-refractivity contribution in [2.75, 3.05) is 37.6 Å². The summed E-state index contributed by atoms with van der Waals surface area (Å²) < 4.78 is 0. The average Bonchev–Trinajstić information content (AvgIpc) is 2.72. The Labute approximate surface area is 163 Å². The van der Waals surface area contributed by atoms with Crippen molar-refractivity contribution in [1.29, 1.82) is 0 Å². The van der Waals surface area contributed by atoms with Crippen molar-refractivity contribution in [3.8, 4) is 0 Å². The van der Waals surface area contributed by atoms with Crippen LogP contribution in [0.1, 0.15) is 5.56 Å². The van der Waals surface area contributed by atoms with Gasteiger partial charge in [0.1, 0.15) is 0 Å². The lowest BCUT2D eigenvalue weighted by Gasteiger charge is -2.36. The van der Waals surface area contributed by atoms with E-state index in [9.17, 15) is 9.59 Å². The summed E-state index contributed by atoms with van der Waals surface area (Å²) in [4.78, 5) is 32.1. The fraction of sp³-hybridized carbons (Fsp3) is 0.316. The maximum atomic E-state index is 12.3. The summed E-state index contributed by atoms with van der Waals surface area (Å²) >= 11 is 5.92. The Morgan fingerprint density at radius 3 is 2.44 bits per heavy atom. The molecule has 3 rings (SSSR count). The summed E-state index contributed by atoms with van der Waals surface area (Å²) in [6.07, 6.45) is 3.37. The summed E-state index contributed by atoms with van der Waals surface area (Å²) in [5, 5.41) is 6.14. The van der Waals surface area contributed by atoms with Gasteiger partial charge in [-0.1, -0.05) is 17.7 Å². The molecule has 0 aliphatic carbocycles. The van der Waals surface area contributed by atoms with Gasteiger partial charge in [-0.3, -0.25) is 9.78 Å². The van der Waals surface area contributed by atoms with Crippen LogP contribution in [0.15, 0.2) is 48.8 Å². The molecule has 0 radical (unpaired) electrons. The summed E-state index contributed by atoms with van der Waals surface area (Å²) in [5.74, 6) is -0.230. The second-order valence-electron chi connectivity index (χ2n) is 6.25. The number of hydrogen-bond donors (Lipinski definition) is 2. The Morgan fingerprint density at radius 1 is 1.04 bits per heavy atom. The predicted octanol–water partition coefficient (Wildman–Crippen LogP) is 1.88. The molecular formula is C19H22ClN5O2. The van der Waals surface area contributed by atoms with Crippen LogP contribution in [0.25, 0.3) is 0 Å². The van der Waals surface area contributed by atoms with Gasteiger partial charge in [-0.25, -0.2) is 4.79 Å². The Balaban J connectivity index is 1.38. The van der Waals surface area contributed by atoms with Crippen LogP contribution in [0.3, 0.4) is 0 Å². The molecule has 2 aromatic rings. The molecule has 1 aliphatic rings. The van der Waals surface area contributed by atoms with E-state index in [0.717, 1.165) is 24.3 Å². The van der Waals surface area contributed by atoms with E-state index in [0.29, 0.717) is 24.7 Å². The van der Waals surface area contributed by atoms with Gasteiger partial charge in [-0.15, -0.1) is 0 Å². The number of carbonyl (C=O) groups is 2. The maximum absolute atomic E-state index is 12.3. The molecule has 2 N–H and O–H groups in total. The first-order chi connectivity index (χ1) is 13.1. The highest BCUT2D eigenvalue weighted by Gasteiger charge is 2.21. The van der Waals surface area contributed by atoms with Crippen LogP contribution in [0.5, 0.6) is 0 Å². The van der Waals surface area contributed by atoms with Crippen LogP contribution in [0.2, 0.25) is 5.02 Å². The topological polar surface area (TPSA) is 77.6 Å². The first-order valence-corrected chi connectivity index (χ1v) is 9.18. The summed E-state index contributed by atoms with van der Waals surface area (Å²) in [6, 6.07) is 11.1. The molecule has 1 aromatic heterocycles. The molecule has 0 spiro atoms. The van der Waals surface area contributed by atoms with Gasteiger partial charge < -0.3 is 20.4 Å². The van der Waals surface area contributed by atoms with Crippen molar-refractivity contribution in [3.63, 3.8) is 0 Å². The highest BCUT2D eigenvalue weighted by Crippen LogP contribution is 2.19. The number of nitrogens with one attached hydrogen (secondary N) is 2. The monoisotopic (exact) mass is 387 g/mol. The standard InChI is InChI=1S/C19H22ClN5O2/c20-16-3-5-17(6-4-16)24-8-10-25(11-9-24)19(27)23-14-18(26)22-13-15-2-1-7-21-12-15/h1-7,12H,8-11,13-14H2,(H,22,26)(H,23,27). The van der Waals surface area contributed by atoms with Crippen LogP contribution >= 0.6 is 11.6 Å². The van der Waals surface area contributed by atoms with E-state index < -0.39 is 0 Å². The molecular weight excluding hydrogens is 366 g/mol. The van der Waals surface area contributed by atoms with Gasteiger partial charge in [0.05, 0.1) is 6.54 Å². The van der Waals surface area contributed by atoms with E-state index in [1.54, 1.807) is 17.3 Å². The third kappa shape index (κ3) is 5.59. The molecule has 0 saturated carbocycles. The molecule has 7 nitrogen and oxygen atoms in total. The van der Waals surface area contributed by atoms with E-state index >= 15 is 0 Å². The highest BCUT2D eigenvalue weighted by atomic mass is 35.5. The second-order valence-corrected chi connectivity index (χ2v) is 6.68. The molecule has 0 bridgehead atoms. The van der Waals surface area contributed by atoms with Gasteiger partial charge in [0.25, 0.3) is 0 Å². The Kier molecular flexibility index (Phi) is 6.49. The third-order valence-electron chi connectivity index (χ3n) is 4.37. The lowest BCUT2D eigenvalue weighted by atomic mass is 10.2. The molecule has 1 saturated heterocycles. The van der Waals surface area contributed by atoms with Crippen LogP contribution < -0.4 is 15.5 Å². The number of hydrogen-bond acceptors (Lipinski definition) is 4. The average molecular weight is 388 g/mol. The number of amides is 3. The lowest BCUT2D eigenvalue weighted by Crippen LogP contribution is -2.53. The number of halogens is 1. The minimum absolute atomic E-state index is 0.0451. The Morgan fingerprint density at radius 2 is 1.78 bits per heavy atom. The number of anilines is 1. The first-order valence-electron chi connectivity index (χ1n) is 8.81.